The van der Waals surface area contributed by atoms with Crippen LogP contribution < -0.4 is 5.32 Å². The molecule has 0 unspecified atom stereocenters. The monoisotopic (exact) mass is 382 g/mol. The lowest BCUT2D eigenvalue weighted by molar-refractivity contribution is -0.870. The standard InChI is InChI=1S/C23H50N2Si/c1-25(2,3)22-20-18-16-14-12-10-8-6-4-5-7-9-11-13-15-17-19-21-24-23-26/h24H,4-23H2,1-3H3/q+1. The molecule has 0 aliphatic carbocycles. The first-order valence-electron chi connectivity index (χ1n) is 11.7. The zero-order valence-electron chi connectivity index (χ0n) is 18.6. The van der Waals surface area contributed by atoms with Crippen molar-refractivity contribution in [3.05, 3.63) is 0 Å². The summed E-state index contributed by atoms with van der Waals surface area (Å²) >= 11 is 0. The molecule has 3 heteroatoms. The van der Waals surface area contributed by atoms with Crippen LogP contribution in [0.5, 0.6) is 0 Å². The third-order valence-electron chi connectivity index (χ3n) is 5.31. The molecule has 0 aliphatic rings. The zero-order chi connectivity index (χ0) is 19.3. The van der Waals surface area contributed by atoms with Crippen LogP contribution >= 0.6 is 0 Å². The maximum Gasteiger partial charge on any atom is 0.0780 e. The fourth-order valence-electron chi connectivity index (χ4n) is 3.58. The first-order chi connectivity index (χ1) is 12.6. The Morgan fingerprint density at radius 3 is 1.12 bits per heavy atom. The first kappa shape index (κ1) is 26.1. The second-order valence-electron chi connectivity index (χ2n) is 9.20. The average molecular weight is 383 g/mol. The Morgan fingerprint density at radius 1 is 0.500 bits per heavy atom. The average Bonchev–Trinajstić information content (AvgIpc) is 2.59. The van der Waals surface area contributed by atoms with Crippen molar-refractivity contribution in [1.29, 1.82) is 0 Å². The van der Waals surface area contributed by atoms with Crippen LogP contribution in [0.2, 0.25) is 0 Å². The molecule has 0 spiro atoms. The molecule has 0 bridgehead atoms. The quantitative estimate of drug-likeness (QED) is 0.145. The van der Waals surface area contributed by atoms with Gasteiger partial charge in [0.1, 0.15) is 0 Å². The molecule has 0 heterocycles. The van der Waals surface area contributed by atoms with Crippen molar-refractivity contribution < 1.29 is 4.48 Å². The molecule has 0 saturated carbocycles. The summed E-state index contributed by atoms with van der Waals surface area (Å²) in [5.41, 5.74) is 0. The fraction of sp³-hybridized carbons (Fsp3) is 1.00. The highest BCUT2D eigenvalue weighted by Gasteiger charge is 2.04. The molecule has 0 saturated heterocycles. The Kier molecular flexibility index (Phi) is 20.0. The molecular weight excluding hydrogens is 332 g/mol. The summed E-state index contributed by atoms with van der Waals surface area (Å²) in [6.07, 6.45) is 25.5. The van der Waals surface area contributed by atoms with Crippen LogP contribution in [0.4, 0.5) is 0 Å². The van der Waals surface area contributed by atoms with Crippen LogP contribution in [-0.2, 0) is 0 Å². The molecule has 0 aromatic heterocycles. The summed E-state index contributed by atoms with van der Waals surface area (Å²) in [5, 5.41) is 3.32. The predicted octanol–water partition coefficient (Wildman–Crippen LogP) is 6.04. The molecular formula is C23H50N2Si+. The van der Waals surface area contributed by atoms with Gasteiger partial charge in [-0.25, -0.2) is 0 Å². The molecule has 3 radical (unpaired) electrons. The van der Waals surface area contributed by atoms with E-state index in [1.807, 2.05) is 0 Å². The molecule has 0 amide bonds. The van der Waals surface area contributed by atoms with Gasteiger partial charge in [0.15, 0.2) is 0 Å². The van der Waals surface area contributed by atoms with Crippen LogP contribution in [0.25, 0.3) is 0 Å². The van der Waals surface area contributed by atoms with E-state index in [1.54, 1.807) is 0 Å². The van der Waals surface area contributed by atoms with Crippen molar-refractivity contribution in [2.24, 2.45) is 0 Å². The summed E-state index contributed by atoms with van der Waals surface area (Å²) in [7, 11) is 10.3. The van der Waals surface area contributed by atoms with Crippen molar-refractivity contribution in [2.45, 2.75) is 109 Å². The zero-order valence-corrected chi connectivity index (χ0v) is 19.6. The topological polar surface area (TPSA) is 12.0 Å². The highest BCUT2D eigenvalue weighted by Crippen LogP contribution is 2.14. The minimum absolute atomic E-state index is 0.928. The van der Waals surface area contributed by atoms with Gasteiger partial charge in [-0.1, -0.05) is 89.9 Å². The van der Waals surface area contributed by atoms with E-state index in [4.69, 9.17) is 0 Å². The van der Waals surface area contributed by atoms with Crippen LogP contribution in [0.15, 0.2) is 0 Å². The smallest absolute Gasteiger partial charge is 0.0780 e. The summed E-state index contributed by atoms with van der Waals surface area (Å²) in [6, 6.07) is 0. The van der Waals surface area contributed by atoms with Crippen LogP contribution in [0.1, 0.15) is 109 Å². The van der Waals surface area contributed by atoms with Crippen LogP contribution in [0.3, 0.4) is 0 Å². The van der Waals surface area contributed by atoms with Gasteiger partial charge in [0.25, 0.3) is 0 Å². The summed E-state index contributed by atoms with van der Waals surface area (Å²) in [5.74, 6) is 0. The van der Waals surface area contributed by atoms with Gasteiger partial charge in [-0.3, -0.25) is 0 Å². The van der Waals surface area contributed by atoms with Crippen molar-refractivity contribution >= 4 is 10.2 Å². The Hall–Kier alpha value is 0.137. The van der Waals surface area contributed by atoms with E-state index >= 15 is 0 Å². The van der Waals surface area contributed by atoms with Crippen molar-refractivity contribution in [2.75, 3.05) is 40.4 Å². The Labute approximate surface area is 169 Å². The molecule has 0 aromatic carbocycles. The second-order valence-corrected chi connectivity index (χ2v) is 9.55. The first-order valence-corrected chi connectivity index (χ1v) is 12.4. The Balaban J connectivity index is 3.01. The van der Waals surface area contributed by atoms with E-state index in [0.717, 1.165) is 10.7 Å². The molecule has 2 nitrogen and oxygen atoms in total. The highest BCUT2D eigenvalue weighted by atomic mass is 28.1. The summed E-state index contributed by atoms with van der Waals surface area (Å²) in [6.45, 7) is 2.49. The molecule has 0 aromatic rings. The SMILES string of the molecule is C[N+](C)(C)CCCCCCCCCCCCCCCCCCCNC[Si]. The van der Waals surface area contributed by atoms with Gasteiger partial charge in [0.2, 0.25) is 0 Å². The van der Waals surface area contributed by atoms with E-state index in [0.29, 0.717) is 0 Å². The number of nitrogens with one attached hydrogen (secondary N) is 1. The lowest BCUT2D eigenvalue weighted by Crippen LogP contribution is -2.35. The van der Waals surface area contributed by atoms with Gasteiger partial charge < -0.3 is 9.80 Å². The molecule has 1 N–H and O–H groups in total. The van der Waals surface area contributed by atoms with Gasteiger partial charge in [0.05, 0.1) is 27.7 Å². The van der Waals surface area contributed by atoms with Gasteiger partial charge >= 0.3 is 0 Å². The molecule has 155 valence electrons. The number of hydrogen-bond acceptors (Lipinski definition) is 1. The summed E-state index contributed by atoms with van der Waals surface area (Å²) < 4.78 is 1.12. The maximum atomic E-state index is 3.44. The fourth-order valence-corrected chi connectivity index (χ4v) is 3.75. The van der Waals surface area contributed by atoms with E-state index < -0.39 is 0 Å². The van der Waals surface area contributed by atoms with Crippen LogP contribution in [0, 0.1) is 0 Å². The third kappa shape index (κ3) is 24.1. The van der Waals surface area contributed by atoms with E-state index in [-0.39, 0.29) is 0 Å². The van der Waals surface area contributed by atoms with E-state index in [2.05, 4.69) is 36.7 Å². The Bertz CT molecular complexity index is 263. The molecule has 0 fully saturated rings. The molecule has 26 heavy (non-hydrogen) atoms. The van der Waals surface area contributed by atoms with Gasteiger partial charge in [0, 0.05) is 10.2 Å². The van der Waals surface area contributed by atoms with Crippen LogP contribution in [-0.4, -0.2) is 55.1 Å². The van der Waals surface area contributed by atoms with Crippen molar-refractivity contribution in [3.8, 4) is 0 Å². The number of hydrogen-bond donors (Lipinski definition) is 1. The lowest BCUT2D eigenvalue weighted by Gasteiger charge is -2.23. The van der Waals surface area contributed by atoms with Gasteiger partial charge in [-0.15, -0.1) is 0 Å². The van der Waals surface area contributed by atoms with Gasteiger partial charge in [-0.05, 0) is 32.0 Å². The Morgan fingerprint density at radius 2 is 0.808 bits per heavy atom. The third-order valence-corrected chi connectivity index (χ3v) is 5.56. The predicted molar refractivity (Wildman–Crippen MR) is 120 cm³/mol. The number of rotatable bonds is 21. The molecule has 0 rings (SSSR count). The minimum Gasteiger partial charge on any atom is -0.331 e. The second kappa shape index (κ2) is 19.9. The van der Waals surface area contributed by atoms with Gasteiger partial charge in [-0.2, -0.15) is 0 Å². The van der Waals surface area contributed by atoms with E-state index in [9.17, 15) is 0 Å². The molecule has 0 aliphatic heterocycles. The minimum atomic E-state index is 0.928. The summed E-state index contributed by atoms with van der Waals surface area (Å²) in [4.78, 5) is 0. The highest BCUT2D eigenvalue weighted by molar-refractivity contribution is 6.08. The number of quaternary nitrogens is 1. The largest absolute Gasteiger partial charge is 0.331 e. The normalized spacial score (nSPS) is 12.0. The number of unbranched alkanes of at least 4 members (excludes halogenated alkanes) is 16. The molecule has 0 atom stereocenters. The lowest BCUT2D eigenvalue weighted by atomic mass is 10.0. The van der Waals surface area contributed by atoms with E-state index in [1.165, 1.54) is 122 Å². The van der Waals surface area contributed by atoms with Crippen molar-refractivity contribution in [1.82, 2.24) is 5.32 Å². The number of nitrogens with zero attached hydrogens (tertiary/aromatic N) is 1. The van der Waals surface area contributed by atoms with Crippen molar-refractivity contribution in [3.63, 3.8) is 0 Å². The maximum absolute atomic E-state index is 3.44.